The van der Waals surface area contributed by atoms with Crippen molar-refractivity contribution < 1.29 is 19.7 Å². The van der Waals surface area contributed by atoms with Crippen LogP contribution >= 0.6 is 0 Å². The number of aliphatic hydroxyl groups is 2. The average Bonchev–Trinajstić information content (AvgIpc) is 2.26. The molecule has 1 aliphatic rings. The molecule has 1 saturated heterocycles. The van der Waals surface area contributed by atoms with Gasteiger partial charge in [0.15, 0.2) is 5.79 Å². The highest BCUT2D eigenvalue weighted by molar-refractivity contribution is 4.87. The molecule has 4 atom stereocenters. The molecule has 0 saturated carbocycles. The van der Waals surface area contributed by atoms with E-state index in [0.717, 1.165) is 0 Å². The van der Waals surface area contributed by atoms with E-state index in [4.69, 9.17) is 9.47 Å². The lowest BCUT2D eigenvalue weighted by Crippen LogP contribution is -2.39. The third kappa shape index (κ3) is 2.40. The minimum atomic E-state index is -0.719. The lowest BCUT2D eigenvalue weighted by molar-refractivity contribution is -0.159. The predicted molar refractivity (Wildman–Crippen MR) is 47.2 cm³/mol. The Bertz CT molecular complexity index is 158. The quantitative estimate of drug-likeness (QED) is 0.656. The van der Waals surface area contributed by atoms with Crippen molar-refractivity contribution in [3.8, 4) is 0 Å². The standard InChI is InChI=1S/C9H18O4/c1-5(10)7-8(6(2)11)13-9(3,4)12-7/h5-8,10-11H,1-4H3/t5-,6-,7+,8+/m0/s1. The molecule has 4 heteroatoms. The largest absolute Gasteiger partial charge is 0.391 e. The van der Waals surface area contributed by atoms with Crippen LogP contribution in [0.5, 0.6) is 0 Å². The van der Waals surface area contributed by atoms with Gasteiger partial charge in [-0.15, -0.1) is 0 Å². The first-order chi connectivity index (χ1) is 5.83. The molecule has 1 rings (SSSR count). The molecule has 2 N–H and O–H groups in total. The van der Waals surface area contributed by atoms with Crippen molar-refractivity contribution >= 4 is 0 Å². The number of ether oxygens (including phenoxy) is 2. The zero-order valence-corrected chi connectivity index (χ0v) is 8.52. The molecule has 0 unspecified atom stereocenters. The Labute approximate surface area is 78.5 Å². The minimum Gasteiger partial charge on any atom is -0.391 e. The van der Waals surface area contributed by atoms with Crippen LogP contribution in [-0.2, 0) is 9.47 Å². The van der Waals surface area contributed by atoms with Crippen molar-refractivity contribution in [1.29, 1.82) is 0 Å². The molecule has 1 fully saturated rings. The van der Waals surface area contributed by atoms with Crippen molar-refractivity contribution in [2.75, 3.05) is 0 Å². The van der Waals surface area contributed by atoms with Crippen LogP contribution in [0.25, 0.3) is 0 Å². The van der Waals surface area contributed by atoms with Crippen molar-refractivity contribution in [1.82, 2.24) is 0 Å². The second-order valence-corrected chi connectivity index (χ2v) is 4.05. The third-order valence-corrected chi connectivity index (χ3v) is 2.11. The SMILES string of the molecule is C[C@H](O)[C@H]1OC(C)(C)O[C@@H]1[C@H](C)O. The Morgan fingerprint density at radius 2 is 1.31 bits per heavy atom. The van der Waals surface area contributed by atoms with Gasteiger partial charge in [-0.25, -0.2) is 0 Å². The molecule has 78 valence electrons. The second-order valence-electron chi connectivity index (χ2n) is 4.05. The molecule has 0 bridgehead atoms. The molecule has 0 aromatic heterocycles. The van der Waals surface area contributed by atoms with Crippen LogP contribution in [0.2, 0.25) is 0 Å². The fraction of sp³-hybridized carbons (Fsp3) is 1.00. The van der Waals surface area contributed by atoms with Gasteiger partial charge >= 0.3 is 0 Å². The minimum absolute atomic E-state index is 0.449. The van der Waals surface area contributed by atoms with Crippen LogP contribution in [0.3, 0.4) is 0 Å². The maximum Gasteiger partial charge on any atom is 0.164 e. The van der Waals surface area contributed by atoms with E-state index in [1.165, 1.54) is 0 Å². The van der Waals surface area contributed by atoms with E-state index in [0.29, 0.717) is 0 Å². The van der Waals surface area contributed by atoms with Crippen LogP contribution in [0.4, 0.5) is 0 Å². The fourth-order valence-corrected chi connectivity index (χ4v) is 1.56. The van der Waals surface area contributed by atoms with Gasteiger partial charge in [0, 0.05) is 0 Å². The first kappa shape index (κ1) is 10.9. The van der Waals surface area contributed by atoms with Gasteiger partial charge in [0.2, 0.25) is 0 Å². The van der Waals surface area contributed by atoms with Crippen LogP contribution in [0.1, 0.15) is 27.7 Å². The van der Waals surface area contributed by atoms with Crippen molar-refractivity contribution in [3.05, 3.63) is 0 Å². The van der Waals surface area contributed by atoms with Gasteiger partial charge in [0.05, 0.1) is 12.2 Å². The average molecular weight is 190 g/mol. The van der Waals surface area contributed by atoms with E-state index in [9.17, 15) is 10.2 Å². The molecule has 0 aliphatic carbocycles. The monoisotopic (exact) mass is 190 g/mol. The van der Waals surface area contributed by atoms with Gasteiger partial charge in [-0.05, 0) is 27.7 Å². The maximum atomic E-state index is 9.39. The number of aliphatic hydroxyl groups excluding tert-OH is 2. The highest BCUT2D eigenvalue weighted by atomic mass is 16.8. The van der Waals surface area contributed by atoms with Crippen LogP contribution in [0.15, 0.2) is 0 Å². The summed E-state index contributed by atoms with van der Waals surface area (Å²) < 4.78 is 10.9. The van der Waals surface area contributed by atoms with Gasteiger partial charge in [-0.1, -0.05) is 0 Å². The normalized spacial score (nSPS) is 37.4. The first-order valence-electron chi connectivity index (χ1n) is 4.55. The number of rotatable bonds is 2. The van der Waals surface area contributed by atoms with E-state index >= 15 is 0 Å². The first-order valence-corrected chi connectivity index (χ1v) is 4.55. The van der Waals surface area contributed by atoms with E-state index in [1.807, 2.05) is 0 Å². The van der Waals surface area contributed by atoms with E-state index in [2.05, 4.69) is 0 Å². The Balaban J connectivity index is 2.71. The molecular weight excluding hydrogens is 172 g/mol. The van der Waals surface area contributed by atoms with Crippen molar-refractivity contribution in [2.45, 2.75) is 57.9 Å². The highest BCUT2D eigenvalue weighted by Gasteiger charge is 2.45. The summed E-state index contributed by atoms with van der Waals surface area (Å²) in [4.78, 5) is 0. The smallest absolute Gasteiger partial charge is 0.164 e. The molecule has 0 amide bonds. The van der Waals surface area contributed by atoms with Crippen molar-refractivity contribution in [3.63, 3.8) is 0 Å². The molecule has 0 aromatic carbocycles. The topological polar surface area (TPSA) is 58.9 Å². The van der Waals surface area contributed by atoms with Gasteiger partial charge < -0.3 is 19.7 Å². The Hall–Kier alpha value is -0.160. The zero-order chi connectivity index (χ0) is 10.2. The summed E-state index contributed by atoms with van der Waals surface area (Å²) in [6.07, 6.45) is -2.17. The lowest BCUT2D eigenvalue weighted by atomic mass is 10.1. The van der Waals surface area contributed by atoms with Crippen LogP contribution in [-0.4, -0.2) is 40.4 Å². The summed E-state index contributed by atoms with van der Waals surface area (Å²) in [6.45, 7) is 6.80. The van der Waals surface area contributed by atoms with Gasteiger partial charge in [-0.2, -0.15) is 0 Å². The Kier molecular flexibility index (Phi) is 2.97. The molecule has 0 aromatic rings. The van der Waals surface area contributed by atoms with E-state index in [-0.39, 0.29) is 0 Å². The third-order valence-electron chi connectivity index (χ3n) is 2.11. The predicted octanol–water partition coefficient (Wildman–Crippen LogP) is 0.268. The van der Waals surface area contributed by atoms with Gasteiger partial charge in [-0.3, -0.25) is 0 Å². The second kappa shape index (κ2) is 3.53. The number of hydrogen-bond donors (Lipinski definition) is 2. The summed E-state index contributed by atoms with van der Waals surface area (Å²) in [5.74, 6) is -0.719. The summed E-state index contributed by atoms with van der Waals surface area (Å²) in [7, 11) is 0. The lowest BCUT2D eigenvalue weighted by Gasteiger charge is -2.20. The molecule has 1 heterocycles. The van der Waals surface area contributed by atoms with Crippen LogP contribution in [0, 0.1) is 0 Å². The Morgan fingerprint density at radius 1 is 1.00 bits per heavy atom. The zero-order valence-electron chi connectivity index (χ0n) is 8.52. The summed E-state index contributed by atoms with van der Waals surface area (Å²) in [5.41, 5.74) is 0. The molecule has 1 aliphatic heterocycles. The maximum absolute atomic E-state index is 9.39. The van der Waals surface area contributed by atoms with Crippen molar-refractivity contribution in [2.24, 2.45) is 0 Å². The van der Waals surface area contributed by atoms with Crippen LogP contribution < -0.4 is 0 Å². The van der Waals surface area contributed by atoms with E-state index < -0.39 is 30.2 Å². The molecule has 0 radical (unpaired) electrons. The number of hydrogen-bond acceptors (Lipinski definition) is 4. The molecule has 13 heavy (non-hydrogen) atoms. The Morgan fingerprint density at radius 3 is 1.54 bits per heavy atom. The highest BCUT2D eigenvalue weighted by Crippen LogP contribution is 2.31. The summed E-state index contributed by atoms with van der Waals surface area (Å²) in [5, 5.41) is 18.8. The summed E-state index contributed by atoms with van der Waals surface area (Å²) >= 11 is 0. The van der Waals surface area contributed by atoms with Gasteiger partial charge in [0.25, 0.3) is 0 Å². The molecular formula is C9H18O4. The fourth-order valence-electron chi connectivity index (χ4n) is 1.56. The van der Waals surface area contributed by atoms with Gasteiger partial charge in [0.1, 0.15) is 12.2 Å². The summed E-state index contributed by atoms with van der Waals surface area (Å²) in [6, 6.07) is 0. The molecule has 4 nitrogen and oxygen atoms in total. The molecule has 0 spiro atoms. The van der Waals surface area contributed by atoms with E-state index in [1.54, 1.807) is 27.7 Å².